The highest BCUT2D eigenvalue weighted by Gasteiger charge is 2.21. The van der Waals surface area contributed by atoms with Gasteiger partial charge in [0, 0.05) is 20.8 Å². The minimum atomic E-state index is 0.308. The van der Waals surface area contributed by atoms with Gasteiger partial charge in [-0.3, -0.25) is 4.98 Å². The minimum absolute atomic E-state index is 0.308. The molecule has 1 aromatic heterocycles. The Kier molecular flexibility index (Phi) is 3.89. The first kappa shape index (κ1) is 13.1. The molecule has 1 unspecified atom stereocenters. The van der Waals surface area contributed by atoms with Crippen LogP contribution in [0.25, 0.3) is 0 Å². The molecule has 0 bridgehead atoms. The molecule has 0 fully saturated rings. The largest absolute Gasteiger partial charge is 0.376 e. The number of halogens is 2. The van der Waals surface area contributed by atoms with E-state index in [1.165, 1.54) is 17.7 Å². The van der Waals surface area contributed by atoms with E-state index in [4.69, 9.17) is 0 Å². The molecule has 0 saturated heterocycles. The molecule has 1 N–H and O–H groups in total. The fourth-order valence-electron chi connectivity index (χ4n) is 2.54. The summed E-state index contributed by atoms with van der Waals surface area (Å²) in [5.41, 5.74) is 3.69. The van der Waals surface area contributed by atoms with Gasteiger partial charge in [-0.15, -0.1) is 0 Å². The van der Waals surface area contributed by atoms with Gasteiger partial charge in [0.05, 0.1) is 11.7 Å². The van der Waals surface area contributed by atoms with Crippen LogP contribution >= 0.6 is 31.9 Å². The normalized spacial score (nSPS) is 17.9. The van der Waals surface area contributed by atoms with Gasteiger partial charge in [-0.25, -0.2) is 0 Å². The van der Waals surface area contributed by atoms with Gasteiger partial charge < -0.3 is 5.32 Å². The lowest BCUT2D eigenvalue weighted by molar-refractivity contribution is 0.583. The van der Waals surface area contributed by atoms with Crippen molar-refractivity contribution in [1.82, 2.24) is 4.98 Å². The van der Waals surface area contributed by atoms with Crippen LogP contribution in [0.1, 0.15) is 30.1 Å². The fourth-order valence-corrected chi connectivity index (χ4v) is 3.71. The predicted octanol–water partition coefficient (Wildman–Crippen LogP) is 5.10. The summed E-state index contributed by atoms with van der Waals surface area (Å²) in [6.45, 7) is 0. The fraction of sp³-hybridized carbons (Fsp3) is 0.267. The Labute approximate surface area is 129 Å². The van der Waals surface area contributed by atoms with Crippen LogP contribution < -0.4 is 5.32 Å². The van der Waals surface area contributed by atoms with Crippen molar-refractivity contribution in [3.63, 3.8) is 0 Å². The van der Waals surface area contributed by atoms with Crippen molar-refractivity contribution in [2.75, 3.05) is 5.32 Å². The average molecular weight is 382 g/mol. The molecule has 98 valence electrons. The predicted molar refractivity (Wildman–Crippen MR) is 85.4 cm³/mol. The number of fused-ring (bicyclic) bond motifs is 1. The Balaban J connectivity index is 1.88. The number of rotatable bonds is 2. The van der Waals surface area contributed by atoms with Crippen molar-refractivity contribution < 1.29 is 0 Å². The molecule has 1 heterocycles. The number of hydrogen-bond donors (Lipinski definition) is 1. The van der Waals surface area contributed by atoms with Crippen LogP contribution in [0.15, 0.2) is 45.5 Å². The lowest BCUT2D eigenvalue weighted by Crippen LogP contribution is -2.19. The zero-order valence-electron chi connectivity index (χ0n) is 10.4. The van der Waals surface area contributed by atoms with Gasteiger partial charge in [-0.1, -0.05) is 22.0 Å². The molecule has 2 nitrogen and oxygen atoms in total. The lowest BCUT2D eigenvalue weighted by Gasteiger charge is -2.26. The molecule has 0 amide bonds. The Hall–Kier alpha value is -0.870. The summed E-state index contributed by atoms with van der Waals surface area (Å²) in [5, 5.41) is 3.60. The molecular weight excluding hydrogens is 368 g/mol. The van der Waals surface area contributed by atoms with E-state index in [0.717, 1.165) is 27.5 Å². The van der Waals surface area contributed by atoms with Gasteiger partial charge in [0.2, 0.25) is 0 Å². The number of nitrogens with zero attached hydrogens (tertiary/aromatic N) is 1. The summed E-state index contributed by atoms with van der Waals surface area (Å²) in [7, 11) is 0. The van der Waals surface area contributed by atoms with Crippen molar-refractivity contribution in [2.45, 2.75) is 25.3 Å². The second kappa shape index (κ2) is 5.63. The van der Waals surface area contributed by atoms with Crippen LogP contribution in [0.4, 0.5) is 5.69 Å². The molecule has 1 aliphatic carbocycles. The third-order valence-electron chi connectivity index (χ3n) is 3.46. The molecule has 1 aliphatic rings. The summed E-state index contributed by atoms with van der Waals surface area (Å²) in [5.74, 6) is 0. The van der Waals surface area contributed by atoms with E-state index >= 15 is 0 Å². The zero-order chi connectivity index (χ0) is 13.2. The van der Waals surface area contributed by atoms with Crippen molar-refractivity contribution >= 4 is 37.5 Å². The molecule has 0 spiro atoms. The van der Waals surface area contributed by atoms with Gasteiger partial charge in [0.1, 0.15) is 0 Å². The number of nitrogens with one attached hydrogen (secondary N) is 1. The van der Waals surface area contributed by atoms with E-state index in [9.17, 15) is 0 Å². The second-order valence-electron chi connectivity index (χ2n) is 4.76. The second-order valence-corrected chi connectivity index (χ2v) is 6.53. The molecule has 0 aliphatic heterocycles. The maximum Gasteiger partial charge on any atom is 0.0688 e. The van der Waals surface area contributed by atoms with Crippen LogP contribution in [-0.4, -0.2) is 4.98 Å². The monoisotopic (exact) mass is 380 g/mol. The zero-order valence-corrected chi connectivity index (χ0v) is 13.5. The molecule has 4 heteroatoms. The Bertz CT molecular complexity index is 598. The molecule has 3 rings (SSSR count). The van der Waals surface area contributed by atoms with E-state index in [2.05, 4.69) is 66.4 Å². The lowest BCUT2D eigenvalue weighted by atomic mass is 9.92. The number of aryl methyl sites for hydroxylation is 1. The van der Waals surface area contributed by atoms with Crippen molar-refractivity contribution in [2.24, 2.45) is 0 Å². The van der Waals surface area contributed by atoms with Crippen LogP contribution in [0.2, 0.25) is 0 Å². The summed E-state index contributed by atoms with van der Waals surface area (Å²) in [6.07, 6.45) is 5.37. The number of benzene rings is 1. The highest BCUT2D eigenvalue weighted by molar-refractivity contribution is 9.11. The SMILES string of the molecule is Brc1ccc(NC2CCCc3cccnc32)c(Br)c1. The minimum Gasteiger partial charge on any atom is -0.376 e. The van der Waals surface area contributed by atoms with E-state index in [1.54, 1.807) is 0 Å². The van der Waals surface area contributed by atoms with Crippen LogP contribution in [-0.2, 0) is 6.42 Å². The van der Waals surface area contributed by atoms with E-state index < -0.39 is 0 Å². The van der Waals surface area contributed by atoms with Crippen LogP contribution in [0.3, 0.4) is 0 Å². The molecule has 19 heavy (non-hydrogen) atoms. The van der Waals surface area contributed by atoms with Gasteiger partial charge in [0.25, 0.3) is 0 Å². The van der Waals surface area contributed by atoms with E-state index in [0.29, 0.717) is 6.04 Å². The maximum absolute atomic E-state index is 4.56. The smallest absolute Gasteiger partial charge is 0.0688 e. The summed E-state index contributed by atoms with van der Waals surface area (Å²) >= 11 is 7.08. The quantitative estimate of drug-likeness (QED) is 0.782. The Morgan fingerprint density at radius 3 is 2.95 bits per heavy atom. The van der Waals surface area contributed by atoms with Gasteiger partial charge >= 0.3 is 0 Å². The third-order valence-corrected chi connectivity index (χ3v) is 4.61. The molecule has 1 atom stereocenters. The first-order valence-corrected chi connectivity index (χ1v) is 7.98. The average Bonchev–Trinajstić information content (AvgIpc) is 2.42. The first-order valence-electron chi connectivity index (χ1n) is 6.39. The Morgan fingerprint density at radius 1 is 1.21 bits per heavy atom. The maximum atomic E-state index is 4.56. The van der Waals surface area contributed by atoms with E-state index in [-0.39, 0.29) is 0 Å². The summed E-state index contributed by atoms with van der Waals surface area (Å²) in [6, 6.07) is 10.7. The van der Waals surface area contributed by atoms with Crippen LogP contribution in [0, 0.1) is 0 Å². The van der Waals surface area contributed by atoms with Crippen LogP contribution in [0.5, 0.6) is 0 Å². The summed E-state index contributed by atoms with van der Waals surface area (Å²) < 4.78 is 2.15. The number of pyridine rings is 1. The molecule has 2 aromatic rings. The summed E-state index contributed by atoms with van der Waals surface area (Å²) in [4.78, 5) is 4.56. The highest BCUT2D eigenvalue weighted by atomic mass is 79.9. The molecule has 0 radical (unpaired) electrons. The topological polar surface area (TPSA) is 24.9 Å². The number of anilines is 1. The molecule has 0 saturated carbocycles. The molecule has 1 aromatic carbocycles. The number of hydrogen-bond acceptors (Lipinski definition) is 2. The van der Waals surface area contributed by atoms with Gasteiger partial charge in [0.15, 0.2) is 0 Å². The standard InChI is InChI=1S/C15H14Br2N2/c16-11-6-7-13(12(17)9-11)19-14-5-1-3-10-4-2-8-18-15(10)14/h2,4,6-9,14,19H,1,3,5H2. The highest BCUT2D eigenvalue weighted by Crippen LogP contribution is 2.34. The van der Waals surface area contributed by atoms with Gasteiger partial charge in [-0.2, -0.15) is 0 Å². The molecular formula is C15H14Br2N2. The number of aromatic nitrogens is 1. The van der Waals surface area contributed by atoms with Crippen molar-refractivity contribution in [1.29, 1.82) is 0 Å². The van der Waals surface area contributed by atoms with Crippen molar-refractivity contribution in [3.05, 3.63) is 56.7 Å². The Morgan fingerprint density at radius 2 is 2.11 bits per heavy atom. The third kappa shape index (κ3) is 2.84. The van der Waals surface area contributed by atoms with Gasteiger partial charge in [-0.05, 0) is 65.0 Å². The van der Waals surface area contributed by atoms with E-state index in [1.807, 2.05) is 12.3 Å². The van der Waals surface area contributed by atoms with Crippen molar-refractivity contribution in [3.8, 4) is 0 Å². The first-order chi connectivity index (χ1) is 9.24.